The van der Waals surface area contributed by atoms with Crippen molar-refractivity contribution in [2.24, 2.45) is 5.41 Å². The molecule has 13 nitrogen and oxygen atoms in total. The minimum atomic E-state index is -3.80. The summed E-state index contributed by atoms with van der Waals surface area (Å²) in [5, 5.41) is 9.76. The predicted octanol–water partition coefficient (Wildman–Crippen LogP) is 3.33. The standard InChI is InChI=1S/C35H50N6O7S/c1-6-11-27(30(42)40-49(46,47)25-16-17-25)38-31(43)28-13-10-21-41(28)33(44)29(35(2,3)4)39-34(45)37-19-9-7-8-12-23-14-15-24-18-20-36-32(48-5)26(24)22-23/h6,14-15,18,20,22,25,27-29H,1,7-13,16-17,19,21H2,2-5H3,(H,38,43)(H,40,42)(H2,37,39,45)/t27?,28-,29+/m0/s1. The van der Waals surface area contributed by atoms with Gasteiger partial charge in [0.2, 0.25) is 27.7 Å². The number of unbranched alkanes of at least 4 members (excludes halogenated alkanes) is 2. The van der Waals surface area contributed by atoms with E-state index in [-0.39, 0.29) is 6.42 Å². The fraction of sp³-hybridized carbons (Fsp3) is 0.571. The number of hydrogen-bond acceptors (Lipinski definition) is 8. The molecule has 1 aromatic carbocycles. The number of sulfonamides is 1. The molecular weight excluding hydrogens is 648 g/mol. The van der Waals surface area contributed by atoms with Gasteiger partial charge in [0, 0.05) is 24.7 Å². The Labute approximate surface area is 289 Å². The van der Waals surface area contributed by atoms with Crippen LogP contribution in [0.3, 0.4) is 0 Å². The Bertz CT molecular complexity index is 1640. The summed E-state index contributed by atoms with van der Waals surface area (Å²) in [6.07, 6.45) is 8.54. The van der Waals surface area contributed by atoms with Gasteiger partial charge in [0.25, 0.3) is 5.91 Å². The zero-order valence-electron chi connectivity index (χ0n) is 28.9. The summed E-state index contributed by atoms with van der Waals surface area (Å²) < 4.78 is 32.1. The summed E-state index contributed by atoms with van der Waals surface area (Å²) in [6, 6.07) is 4.79. The topological polar surface area (TPSA) is 176 Å². The summed E-state index contributed by atoms with van der Waals surface area (Å²) in [5.41, 5.74) is 0.518. The molecule has 268 valence electrons. The van der Waals surface area contributed by atoms with Gasteiger partial charge < -0.3 is 25.6 Å². The zero-order valence-corrected chi connectivity index (χ0v) is 29.7. The highest BCUT2D eigenvalue weighted by molar-refractivity contribution is 7.90. The fourth-order valence-electron chi connectivity index (χ4n) is 5.98. The van der Waals surface area contributed by atoms with Crippen molar-refractivity contribution >= 4 is 44.5 Å². The van der Waals surface area contributed by atoms with Crippen molar-refractivity contribution in [1.29, 1.82) is 0 Å². The lowest BCUT2D eigenvalue weighted by Gasteiger charge is -2.35. The van der Waals surface area contributed by atoms with Gasteiger partial charge in [-0.2, -0.15) is 0 Å². The first-order valence-electron chi connectivity index (χ1n) is 17.0. The second kappa shape index (κ2) is 16.5. The van der Waals surface area contributed by atoms with E-state index in [1.54, 1.807) is 13.3 Å². The number of likely N-dealkylation sites (tertiary alicyclic amines) is 1. The molecule has 14 heteroatoms. The number of aryl methyl sites for hydroxylation is 1. The van der Waals surface area contributed by atoms with E-state index in [0.29, 0.717) is 44.7 Å². The van der Waals surface area contributed by atoms with E-state index >= 15 is 0 Å². The maximum atomic E-state index is 13.8. The molecule has 1 aliphatic carbocycles. The van der Waals surface area contributed by atoms with Gasteiger partial charge >= 0.3 is 6.03 Å². The van der Waals surface area contributed by atoms with E-state index in [2.05, 4.69) is 50.4 Å². The Morgan fingerprint density at radius 2 is 1.84 bits per heavy atom. The molecule has 4 N–H and O–H groups in total. The summed E-state index contributed by atoms with van der Waals surface area (Å²) in [5.74, 6) is -1.20. The maximum absolute atomic E-state index is 13.8. The first kappa shape index (κ1) is 37.6. The molecule has 1 aromatic heterocycles. The minimum absolute atomic E-state index is 0.0150. The minimum Gasteiger partial charge on any atom is -0.481 e. The van der Waals surface area contributed by atoms with Crippen molar-refractivity contribution in [3.8, 4) is 5.88 Å². The number of ether oxygens (including phenoxy) is 1. The van der Waals surface area contributed by atoms with Crippen LogP contribution < -0.4 is 25.4 Å². The Kier molecular flexibility index (Phi) is 12.6. The highest BCUT2D eigenvalue weighted by Crippen LogP contribution is 2.28. The van der Waals surface area contributed by atoms with Gasteiger partial charge in [0.15, 0.2) is 0 Å². The van der Waals surface area contributed by atoms with Crippen molar-refractivity contribution in [2.75, 3.05) is 20.2 Å². The number of benzene rings is 1. The Morgan fingerprint density at radius 3 is 2.51 bits per heavy atom. The van der Waals surface area contributed by atoms with Crippen LogP contribution in [0, 0.1) is 5.41 Å². The molecule has 4 rings (SSSR count). The Hall–Kier alpha value is -4.20. The first-order valence-corrected chi connectivity index (χ1v) is 18.5. The molecule has 1 saturated carbocycles. The summed E-state index contributed by atoms with van der Waals surface area (Å²) in [4.78, 5) is 58.7. The van der Waals surface area contributed by atoms with Gasteiger partial charge in [-0.1, -0.05) is 45.4 Å². The van der Waals surface area contributed by atoms with E-state index in [4.69, 9.17) is 4.74 Å². The number of nitrogens with zero attached hydrogens (tertiary/aromatic N) is 2. The Balaban J connectivity index is 1.27. The third-order valence-corrected chi connectivity index (χ3v) is 10.7. The molecule has 2 heterocycles. The largest absolute Gasteiger partial charge is 0.481 e. The van der Waals surface area contributed by atoms with Crippen molar-refractivity contribution in [3.05, 3.63) is 48.7 Å². The van der Waals surface area contributed by atoms with Crippen LogP contribution in [0.2, 0.25) is 0 Å². The van der Waals surface area contributed by atoms with Gasteiger partial charge in [-0.25, -0.2) is 18.2 Å². The van der Waals surface area contributed by atoms with Crippen LogP contribution in [0.15, 0.2) is 43.1 Å². The molecule has 1 saturated heterocycles. The lowest BCUT2D eigenvalue weighted by molar-refractivity contribution is -0.142. The number of rotatable bonds is 16. The molecule has 0 bridgehead atoms. The number of methoxy groups -OCH3 is 1. The maximum Gasteiger partial charge on any atom is 0.315 e. The highest BCUT2D eigenvalue weighted by Gasteiger charge is 2.43. The first-order chi connectivity index (χ1) is 23.2. The Morgan fingerprint density at radius 1 is 1.08 bits per heavy atom. The van der Waals surface area contributed by atoms with Gasteiger partial charge in [0.1, 0.15) is 18.1 Å². The SMILES string of the molecule is C=CCC(NC(=O)[C@@H]1CCCN1C(=O)[C@@H](NC(=O)NCCCCCc1ccc2ccnc(OC)c2c1)C(C)(C)C)C(=O)NS(=O)(=O)C1CC1. The van der Waals surface area contributed by atoms with Crippen LogP contribution in [-0.2, 0) is 30.8 Å². The quantitative estimate of drug-likeness (QED) is 0.153. The number of pyridine rings is 1. The number of amides is 5. The number of urea groups is 1. The van der Waals surface area contributed by atoms with Crippen molar-refractivity contribution in [3.63, 3.8) is 0 Å². The summed E-state index contributed by atoms with van der Waals surface area (Å²) >= 11 is 0. The number of hydrogen-bond donors (Lipinski definition) is 4. The zero-order chi connectivity index (χ0) is 35.8. The molecule has 49 heavy (non-hydrogen) atoms. The molecule has 2 aliphatic rings. The molecule has 1 aliphatic heterocycles. The predicted molar refractivity (Wildman–Crippen MR) is 187 cm³/mol. The van der Waals surface area contributed by atoms with E-state index in [0.717, 1.165) is 36.5 Å². The fourth-order valence-corrected chi connectivity index (χ4v) is 7.32. The van der Waals surface area contributed by atoms with E-state index in [1.165, 1.54) is 16.5 Å². The third kappa shape index (κ3) is 10.2. The number of aromatic nitrogens is 1. The lowest BCUT2D eigenvalue weighted by Crippen LogP contribution is -2.60. The third-order valence-electron chi connectivity index (χ3n) is 8.88. The molecule has 2 aromatic rings. The average molecular weight is 699 g/mol. The van der Waals surface area contributed by atoms with Crippen LogP contribution in [0.1, 0.15) is 77.7 Å². The highest BCUT2D eigenvalue weighted by atomic mass is 32.2. The van der Waals surface area contributed by atoms with Crippen LogP contribution in [0.5, 0.6) is 5.88 Å². The molecule has 1 unspecified atom stereocenters. The molecule has 2 fully saturated rings. The average Bonchev–Trinajstić information content (AvgIpc) is 3.81. The molecule has 3 atom stereocenters. The van der Waals surface area contributed by atoms with Crippen LogP contribution >= 0.6 is 0 Å². The summed E-state index contributed by atoms with van der Waals surface area (Å²) in [6.45, 7) is 9.87. The molecule has 0 spiro atoms. The number of nitrogens with one attached hydrogen (secondary N) is 4. The van der Waals surface area contributed by atoms with E-state index < -0.39 is 62.6 Å². The van der Waals surface area contributed by atoms with Crippen LogP contribution in [-0.4, -0.2) is 85.6 Å². The molecule has 0 radical (unpaired) electrons. The molecule has 5 amide bonds. The number of fused-ring (bicyclic) bond motifs is 1. The number of carbonyl (C=O) groups excluding carboxylic acids is 4. The van der Waals surface area contributed by atoms with Crippen LogP contribution in [0.25, 0.3) is 10.8 Å². The smallest absolute Gasteiger partial charge is 0.315 e. The van der Waals surface area contributed by atoms with Crippen molar-refractivity contribution in [1.82, 2.24) is 30.6 Å². The van der Waals surface area contributed by atoms with E-state index in [9.17, 15) is 27.6 Å². The summed E-state index contributed by atoms with van der Waals surface area (Å²) in [7, 11) is -2.19. The van der Waals surface area contributed by atoms with Gasteiger partial charge in [-0.3, -0.25) is 19.1 Å². The van der Waals surface area contributed by atoms with Crippen LogP contribution in [0.4, 0.5) is 4.79 Å². The van der Waals surface area contributed by atoms with Gasteiger partial charge in [-0.05, 0) is 79.9 Å². The van der Waals surface area contributed by atoms with Crippen molar-refractivity contribution < 1.29 is 32.3 Å². The van der Waals surface area contributed by atoms with E-state index in [1.807, 2.05) is 26.8 Å². The second-order valence-electron chi connectivity index (χ2n) is 13.9. The van der Waals surface area contributed by atoms with Gasteiger partial charge in [-0.15, -0.1) is 6.58 Å². The monoisotopic (exact) mass is 698 g/mol. The lowest BCUT2D eigenvalue weighted by atomic mass is 9.85. The second-order valence-corrected chi connectivity index (χ2v) is 15.8. The normalized spacial score (nSPS) is 17.6. The van der Waals surface area contributed by atoms with Gasteiger partial charge in [0.05, 0.1) is 12.4 Å². The molecular formula is C35H50N6O7S. The number of carbonyl (C=O) groups is 4. The van der Waals surface area contributed by atoms with Crippen molar-refractivity contribution in [2.45, 2.75) is 102 Å².